The lowest BCUT2D eigenvalue weighted by Gasteiger charge is -2.34. The van der Waals surface area contributed by atoms with E-state index in [9.17, 15) is 23.1 Å². The van der Waals surface area contributed by atoms with Crippen LogP contribution < -0.4 is 5.56 Å². The van der Waals surface area contributed by atoms with Gasteiger partial charge in [-0.3, -0.25) is 14.1 Å². The van der Waals surface area contributed by atoms with Gasteiger partial charge < -0.3 is 5.11 Å². The molecule has 0 amide bonds. The lowest BCUT2D eigenvalue weighted by Crippen LogP contribution is -2.43. The van der Waals surface area contributed by atoms with E-state index in [4.69, 9.17) is 0 Å². The van der Waals surface area contributed by atoms with Crippen molar-refractivity contribution in [3.63, 3.8) is 0 Å². The predicted molar refractivity (Wildman–Crippen MR) is 81.5 cm³/mol. The lowest BCUT2D eigenvalue weighted by molar-refractivity contribution is -0.223. The largest absolute Gasteiger partial charge is 0.414 e. The van der Waals surface area contributed by atoms with Crippen molar-refractivity contribution < 1.29 is 18.3 Å². The van der Waals surface area contributed by atoms with Gasteiger partial charge in [-0.2, -0.15) is 13.2 Å². The molecule has 8 heteroatoms. The zero-order valence-electron chi connectivity index (χ0n) is 12.9. The average Bonchev–Trinajstić information content (AvgIpc) is 2.54. The molecule has 2 aromatic rings. The molecule has 5 nitrogen and oxygen atoms in total. The molecule has 0 aromatic carbocycles. The van der Waals surface area contributed by atoms with Gasteiger partial charge in [-0.15, -0.1) is 0 Å². The highest BCUT2D eigenvalue weighted by molar-refractivity contribution is 5.37. The fourth-order valence-corrected chi connectivity index (χ4v) is 3.11. The molecule has 3 rings (SSSR count). The van der Waals surface area contributed by atoms with Crippen molar-refractivity contribution in [1.29, 1.82) is 0 Å². The number of aliphatic hydroxyl groups is 1. The first-order valence-electron chi connectivity index (χ1n) is 7.79. The first-order valence-corrected chi connectivity index (χ1v) is 7.79. The van der Waals surface area contributed by atoms with Gasteiger partial charge >= 0.3 is 6.18 Å². The van der Waals surface area contributed by atoms with Crippen molar-refractivity contribution in [3.8, 4) is 0 Å². The van der Waals surface area contributed by atoms with Crippen LogP contribution in [0.25, 0.3) is 5.65 Å². The van der Waals surface area contributed by atoms with Gasteiger partial charge in [0.2, 0.25) is 0 Å². The van der Waals surface area contributed by atoms with E-state index in [2.05, 4.69) is 4.98 Å². The van der Waals surface area contributed by atoms with Crippen LogP contribution in [0.15, 0.2) is 35.3 Å². The third kappa shape index (κ3) is 3.59. The number of aromatic nitrogens is 2. The van der Waals surface area contributed by atoms with E-state index in [1.165, 1.54) is 10.5 Å². The smallest absolute Gasteiger partial charge is 0.383 e. The number of aliphatic hydroxyl groups excluding tert-OH is 1. The van der Waals surface area contributed by atoms with Gasteiger partial charge in [0.15, 0.2) is 6.10 Å². The Morgan fingerprint density at radius 3 is 2.67 bits per heavy atom. The SMILES string of the molecule is O=c1cc(CN2CCC(C(O)C(F)(F)F)CC2)nc2ccccn12. The molecule has 0 bridgehead atoms. The monoisotopic (exact) mass is 341 g/mol. The summed E-state index contributed by atoms with van der Waals surface area (Å²) in [6.07, 6.45) is -4.65. The number of hydrogen-bond donors (Lipinski definition) is 1. The first kappa shape index (κ1) is 16.9. The van der Waals surface area contributed by atoms with E-state index in [0.29, 0.717) is 31.0 Å². The standard InChI is InChI=1S/C16H18F3N3O2/c17-16(18,19)15(24)11-4-7-21(8-5-11)10-12-9-14(23)22-6-2-1-3-13(22)20-12/h1-3,6,9,11,15,24H,4-5,7-8,10H2. The Bertz CT molecular complexity index is 767. The van der Waals surface area contributed by atoms with Crippen LogP contribution in [0.5, 0.6) is 0 Å². The molecular weight excluding hydrogens is 323 g/mol. The maximum Gasteiger partial charge on any atom is 0.414 e. The quantitative estimate of drug-likeness (QED) is 0.925. The normalized spacial score (nSPS) is 18.8. The van der Waals surface area contributed by atoms with Gasteiger partial charge in [0.1, 0.15) is 5.65 Å². The third-order valence-electron chi connectivity index (χ3n) is 4.42. The Labute approximate surface area is 136 Å². The number of rotatable bonds is 3. The summed E-state index contributed by atoms with van der Waals surface area (Å²) in [6, 6.07) is 6.71. The molecule has 2 aromatic heterocycles. The number of piperidine rings is 1. The maximum absolute atomic E-state index is 12.6. The third-order valence-corrected chi connectivity index (χ3v) is 4.42. The second-order valence-electron chi connectivity index (χ2n) is 6.11. The molecule has 0 radical (unpaired) electrons. The van der Waals surface area contributed by atoms with Crippen LogP contribution >= 0.6 is 0 Å². The summed E-state index contributed by atoms with van der Waals surface area (Å²) in [7, 11) is 0. The van der Waals surface area contributed by atoms with Gasteiger partial charge in [-0.1, -0.05) is 6.07 Å². The summed E-state index contributed by atoms with van der Waals surface area (Å²) in [5.74, 6) is -0.767. The first-order chi connectivity index (χ1) is 11.3. The molecule has 1 aliphatic heterocycles. The molecule has 1 saturated heterocycles. The number of pyridine rings is 1. The highest BCUT2D eigenvalue weighted by Gasteiger charge is 2.44. The van der Waals surface area contributed by atoms with E-state index in [0.717, 1.165) is 0 Å². The van der Waals surface area contributed by atoms with Crippen molar-refractivity contribution >= 4 is 5.65 Å². The molecule has 1 N–H and O–H groups in total. The Balaban J connectivity index is 1.65. The molecule has 0 aliphatic carbocycles. The van der Waals surface area contributed by atoms with Crippen molar-refractivity contribution in [1.82, 2.24) is 14.3 Å². The van der Waals surface area contributed by atoms with E-state index in [1.807, 2.05) is 4.90 Å². The Hall–Kier alpha value is -1.93. The Morgan fingerprint density at radius 2 is 2.00 bits per heavy atom. The van der Waals surface area contributed by atoms with Crippen LogP contribution in [0.1, 0.15) is 18.5 Å². The maximum atomic E-state index is 12.6. The van der Waals surface area contributed by atoms with Crippen molar-refractivity contribution in [2.24, 2.45) is 5.92 Å². The zero-order chi connectivity index (χ0) is 17.3. The van der Waals surface area contributed by atoms with E-state index in [-0.39, 0.29) is 18.4 Å². The zero-order valence-corrected chi connectivity index (χ0v) is 12.9. The van der Waals surface area contributed by atoms with Crippen molar-refractivity contribution in [3.05, 3.63) is 46.5 Å². The topological polar surface area (TPSA) is 57.8 Å². The molecule has 1 aliphatic rings. The number of hydrogen-bond acceptors (Lipinski definition) is 4. The minimum absolute atomic E-state index is 0.182. The fraction of sp³-hybridized carbons (Fsp3) is 0.500. The summed E-state index contributed by atoms with van der Waals surface area (Å²) in [6.45, 7) is 1.29. The van der Waals surface area contributed by atoms with Crippen LogP contribution in [0.4, 0.5) is 13.2 Å². The summed E-state index contributed by atoms with van der Waals surface area (Å²) in [5, 5.41) is 9.34. The minimum Gasteiger partial charge on any atom is -0.383 e. The molecule has 0 spiro atoms. The highest BCUT2D eigenvalue weighted by atomic mass is 19.4. The molecule has 130 valence electrons. The summed E-state index contributed by atoms with van der Waals surface area (Å²) < 4.78 is 39.1. The Morgan fingerprint density at radius 1 is 1.29 bits per heavy atom. The van der Waals surface area contributed by atoms with Crippen molar-refractivity contribution in [2.45, 2.75) is 31.7 Å². The summed E-state index contributed by atoms with van der Waals surface area (Å²) in [5.41, 5.74) is 0.960. The number of fused-ring (bicyclic) bond motifs is 1. The van der Waals surface area contributed by atoms with Crippen LogP contribution in [-0.2, 0) is 6.54 Å². The number of alkyl halides is 3. The van der Waals surface area contributed by atoms with E-state index >= 15 is 0 Å². The van der Waals surface area contributed by atoms with Gasteiger partial charge in [0.05, 0.1) is 5.69 Å². The minimum atomic E-state index is -4.57. The second-order valence-corrected chi connectivity index (χ2v) is 6.11. The van der Waals surface area contributed by atoms with E-state index in [1.54, 1.807) is 24.4 Å². The van der Waals surface area contributed by atoms with Crippen LogP contribution in [0, 0.1) is 5.92 Å². The summed E-state index contributed by atoms with van der Waals surface area (Å²) in [4.78, 5) is 18.4. The van der Waals surface area contributed by atoms with Gasteiger partial charge in [0, 0.05) is 18.8 Å². The second kappa shape index (κ2) is 6.52. The molecule has 1 fully saturated rings. The highest BCUT2D eigenvalue weighted by Crippen LogP contribution is 2.31. The van der Waals surface area contributed by atoms with Crippen LogP contribution in [0.3, 0.4) is 0 Å². The van der Waals surface area contributed by atoms with Gasteiger partial charge in [-0.05, 0) is 44.0 Å². The van der Waals surface area contributed by atoms with Crippen molar-refractivity contribution in [2.75, 3.05) is 13.1 Å². The number of nitrogens with zero attached hydrogens (tertiary/aromatic N) is 3. The van der Waals surface area contributed by atoms with Crippen LogP contribution in [-0.4, -0.2) is 44.8 Å². The average molecular weight is 341 g/mol. The van der Waals surface area contributed by atoms with Crippen LogP contribution in [0.2, 0.25) is 0 Å². The molecule has 0 saturated carbocycles. The molecule has 24 heavy (non-hydrogen) atoms. The number of likely N-dealkylation sites (tertiary alicyclic amines) is 1. The number of halogens is 3. The lowest BCUT2D eigenvalue weighted by atomic mass is 9.91. The Kier molecular flexibility index (Phi) is 4.60. The van der Waals surface area contributed by atoms with Gasteiger partial charge in [-0.25, -0.2) is 4.98 Å². The summed E-state index contributed by atoms with van der Waals surface area (Å²) >= 11 is 0. The molecule has 1 atom stereocenters. The molecular formula is C16H18F3N3O2. The van der Waals surface area contributed by atoms with E-state index < -0.39 is 18.2 Å². The van der Waals surface area contributed by atoms with Gasteiger partial charge in [0.25, 0.3) is 5.56 Å². The predicted octanol–water partition coefficient (Wildman–Crippen LogP) is 1.83. The molecule has 3 heterocycles. The fourth-order valence-electron chi connectivity index (χ4n) is 3.11. The molecule has 1 unspecified atom stereocenters.